The molecule has 0 radical (unpaired) electrons. The summed E-state index contributed by atoms with van der Waals surface area (Å²) < 4.78 is 38.7. The Kier molecular flexibility index (Phi) is 7.32. The molecule has 35 heavy (non-hydrogen) atoms. The summed E-state index contributed by atoms with van der Waals surface area (Å²) in [6, 6.07) is 26.0. The number of nitrogens with one attached hydrogen (secondary N) is 1. The Hall–Kier alpha value is -3.90. The molecule has 0 saturated heterocycles. The van der Waals surface area contributed by atoms with Crippen LogP contribution in [0, 0.1) is 11.3 Å². The molecular formula is C27H24N2O5S. The largest absolute Gasteiger partial charge is 0.467 e. The summed E-state index contributed by atoms with van der Waals surface area (Å²) >= 11 is 0. The van der Waals surface area contributed by atoms with Crippen molar-refractivity contribution in [2.45, 2.75) is 17.4 Å². The summed E-state index contributed by atoms with van der Waals surface area (Å²) in [6.45, 7) is 0.00506. The highest BCUT2D eigenvalue weighted by Gasteiger charge is 2.17. The standard InChI is InChI=1S/C27H24N2O5S/c1-33-18-34-27-12-11-24(29-35(31,32)25-5-3-2-4-6-25)15-23(27)16-26(30)21-10-9-20-8-7-19(17-28)13-22(20)14-21/h2-15,26,29-30H,16,18H2,1H3. The highest BCUT2D eigenvalue weighted by atomic mass is 32.2. The number of nitrogens with zero attached hydrogens (tertiary/aromatic N) is 1. The minimum Gasteiger partial charge on any atom is -0.467 e. The molecule has 0 aliphatic rings. The van der Waals surface area contributed by atoms with Crippen LogP contribution in [0.4, 0.5) is 5.69 Å². The zero-order valence-electron chi connectivity index (χ0n) is 19.0. The van der Waals surface area contributed by atoms with Crippen molar-refractivity contribution in [2.24, 2.45) is 0 Å². The van der Waals surface area contributed by atoms with Crippen molar-refractivity contribution >= 4 is 26.5 Å². The van der Waals surface area contributed by atoms with Gasteiger partial charge in [-0.05, 0) is 70.4 Å². The van der Waals surface area contributed by atoms with E-state index in [0.717, 1.165) is 10.8 Å². The van der Waals surface area contributed by atoms with Crippen molar-refractivity contribution in [1.82, 2.24) is 0 Å². The number of methoxy groups -OCH3 is 1. The van der Waals surface area contributed by atoms with Crippen LogP contribution < -0.4 is 9.46 Å². The number of fused-ring (bicyclic) bond motifs is 1. The third-order valence-corrected chi connectivity index (χ3v) is 6.89. The predicted molar refractivity (Wildman–Crippen MR) is 134 cm³/mol. The first-order chi connectivity index (χ1) is 16.9. The first-order valence-electron chi connectivity index (χ1n) is 10.8. The number of benzene rings is 4. The number of hydrogen-bond donors (Lipinski definition) is 2. The van der Waals surface area contributed by atoms with Crippen molar-refractivity contribution < 1.29 is 23.0 Å². The third kappa shape index (κ3) is 5.78. The second kappa shape index (κ2) is 10.6. The molecular weight excluding hydrogens is 464 g/mol. The highest BCUT2D eigenvalue weighted by molar-refractivity contribution is 7.92. The SMILES string of the molecule is COCOc1ccc(NS(=O)(=O)c2ccccc2)cc1CC(O)c1ccc2ccc(C#N)cc2c1. The fourth-order valence-electron chi connectivity index (χ4n) is 3.75. The highest BCUT2D eigenvalue weighted by Crippen LogP contribution is 2.30. The van der Waals surface area contributed by atoms with E-state index in [1.807, 2.05) is 24.3 Å². The van der Waals surface area contributed by atoms with Gasteiger partial charge < -0.3 is 14.6 Å². The Labute approximate surface area is 204 Å². The number of aliphatic hydroxyl groups is 1. The van der Waals surface area contributed by atoms with Crippen molar-refractivity contribution in [2.75, 3.05) is 18.6 Å². The van der Waals surface area contributed by atoms with Gasteiger partial charge in [0.05, 0.1) is 22.6 Å². The molecule has 4 rings (SSSR count). The van der Waals surface area contributed by atoms with Crippen molar-refractivity contribution in [3.05, 3.63) is 102 Å². The van der Waals surface area contributed by atoms with Gasteiger partial charge in [0, 0.05) is 19.2 Å². The Bertz CT molecular complexity index is 1480. The molecule has 0 fully saturated rings. The molecule has 0 bridgehead atoms. The Morgan fingerprint density at radius 3 is 2.49 bits per heavy atom. The van der Waals surface area contributed by atoms with E-state index in [1.165, 1.54) is 19.2 Å². The molecule has 2 N–H and O–H groups in total. The first kappa shape index (κ1) is 24.2. The molecule has 8 heteroatoms. The Morgan fingerprint density at radius 1 is 0.971 bits per heavy atom. The fourth-order valence-corrected chi connectivity index (χ4v) is 4.82. The fraction of sp³-hybridized carbons (Fsp3) is 0.148. The maximum atomic E-state index is 12.8. The molecule has 0 heterocycles. The molecule has 7 nitrogen and oxygen atoms in total. The summed E-state index contributed by atoms with van der Waals surface area (Å²) in [7, 11) is -2.27. The maximum Gasteiger partial charge on any atom is 0.261 e. The van der Waals surface area contributed by atoms with E-state index < -0.39 is 16.1 Å². The second-order valence-electron chi connectivity index (χ2n) is 7.95. The van der Waals surface area contributed by atoms with Gasteiger partial charge in [0.2, 0.25) is 0 Å². The van der Waals surface area contributed by atoms with E-state index >= 15 is 0 Å². The minimum atomic E-state index is -3.78. The number of anilines is 1. The van der Waals surface area contributed by atoms with Crippen LogP contribution in [-0.2, 0) is 21.2 Å². The van der Waals surface area contributed by atoms with Gasteiger partial charge in [-0.25, -0.2) is 8.42 Å². The molecule has 0 saturated carbocycles. The van der Waals surface area contributed by atoms with E-state index in [4.69, 9.17) is 9.47 Å². The van der Waals surface area contributed by atoms with E-state index in [-0.39, 0.29) is 18.1 Å². The lowest BCUT2D eigenvalue weighted by atomic mass is 9.97. The second-order valence-corrected chi connectivity index (χ2v) is 9.63. The van der Waals surface area contributed by atoms with E-state index in [2.05, 4.69) is 10.8 Å². The number of sulfonamides is 1. The first-order valence-corrected chi connectivity index (χ1v) is 12.3. The molecule has 0 spiro atoms. The Balaban J connectivity index is 1.63. The van der Waals surface area contributed by atoms with Crippen LogP contribution in [0.15, 0.2) is 89.8 Å². The number of hydrogen-bond acceptors (Lipinski definition) is 6. The number of rotatable bonds is 9. The average Bonchev–Trinajstić information content (AvgIpc) is 2.87. The molecule has 0 amide bonds. The van der Waals surface area contributed by atoms with Gasteiger partial charge in [-0.15, -0.1) is 0 Å². The molecule has 4 aromatic carbocycles. The van der Waals surface area contributed by atoms with Gasteiger partial charge in [-0.2, -0.15) is 5.26 Å². The summed E-state index contributed by atoms with van der Waals surface area (Å²) in [5, 5.41) is 22.0. The quantitative estimate of drug-likeness (QED) is 0.329. The Morgan fingerprint density at radius 2 is 1.74 bits per heavy atom. The molecule has 1 unspecified atom stereocenters. The summed E-state index contributed by atoms with van der Waals surface area (Å²) in [6.07, 6.45) is -0.723. The molecule has 1 atom stereocenters. The molecule has 0 aliphatic carbocycles. The zero-order valence-corrected chi connectivity index (χ0v) is 19.8. The van der Waals surface area contributed by atoms with Crippen LogP contribution in [0.1, 0.15) is 22.8 Å². The van der Waals surface area contributed by atoms with Crippen LogP contribution in [0.5, 0.6) is 5.75 Å². The number of ether oxygens (including phenoxy) is 2. The van der Waals surface area contributed by atoms with E-state index in [0.29, 0.717) is 28.1 Å². The number of aliphatic hydroxyl groups excluding tert-OH is 1. The van der Waals surface area contributed by atoms with Gasteiger partial charge in [-0.3, -0.25) is 4.72 Å². The van der Waals surface area contributed by atoms with Crippen molar-refractivity contribution in [3.8, 4) is 11.8 Å². The molecule has 0 aromatic heterocycles. The van der Waals surface area contributed by atoms with Gasteiger partial charge in [0.25, 0.3) is 10.0 Å². The lowest BCUT2D eigenvalue weighted by Gasteiger charge is -2.17. The average molecular weight is 489 g/mol. The summed E-state index contributed by atoms with van der Waals surface area (Å²) in [5.41, 5.74) is 2.16. The van der Waals surface area contributed by atoms with Crippen LogP contribution in [0.3, 0.4) is 0 Å². The monoisotopic (exact) mass is 488 g/mol. The zero-order chi connectivity index (χ0) is 24.8. The lowest BCUT2D eigenvalue weighted by Crippen LogP contribution is -2.13. The lowest BCUT2D eigenvalue weighted by molar-refractivity contribution is 0.0498. The molecule has 0 aliphatic heterocycles. The topological polar surface area (TPSA) is 109 Å². The molecule has 4 aromatic rings. The van der Waals surface area contributed by atoms with Crippen molar-refractivity contribution in [1.29, 1.82) is 5.26 Å². The summed E-state index contributed by atoms with van der Waals surface area (Å²) in [5.74, 6) is 0.473. The van der Waals surface area contributed by atoms with Crippen LogP contribution >= 0.6 is 0 Å². The minimum absolute atomic E-state index is 0.00506. The van der Waals surface area contributed by atoms with Crippen LogP contribution in [0.2, 0.25) is 0 Å². The van der Waals surface area contributed by atoms with Crippen LogP contribution in [0.25, 0.3) is 10.8 Å². The van der Waals surface area contributed by atoms with Crippen molar-refractivity contribution in [3.63, 3.8) is 0 Å². The van der Waals surface area contributed by atoms with E-state index in [1.54, 1.807) is 48.5 Å². The smallest absolute Gasteiger partial charge is 0.261 e. The van der Waals surface area contributed by atoms with E-state index in [9.17, 15) is 18.8 Å². The molecule has 178 valence electrons. The maximum absolute atomic E-state index is 12.8. The van der Waals surface area contributed by atoms with Gasteiger partial charge in [0.15, 0.2) is 6.79 Å². The van der Waals surface area contributed by atoms with Gasteiger partial charge in [-0.1, -0.05) is 36.4 Å². The summed E-state index contributed by atoms with van der Waals surface area (Å²) in [4.78, 5) is 0.147. The predicted octanol–water partition coefficient (Wildman–Crippen LogP) is 4.77. The van der Waals surface area contributed by atoms with Crippen LogP contribution in [-0.4, -0.2) is 27.4 Å². The normalized spacial score (nSPS) is 12.1. The van der Waals surface area contributed by atoms with Gasteiger partial charge in [0.1, 0.15) is 5.75 Å². The third-order valence-electron chi connectivity index (χ3n) is 5.49. The number of nitriles is 1. The van der Waals surface area contributed by atoms with Gasteiger partial charge >= 0.3 is 0 Å².